The standard InChI is InChI=1S/C19H25N3O4.ClH/c1-5-22-12-6-7-17(18(23)21(2)3)19(22,24)14-20-26-13-15-8-10-16(25-4)11-9-15;/h6-12,14,24H,5,13H2,1-4H3;1H. The zero-order valence-corrected chi connectivity index (χ0v) is 16.8. The summed E-state index contributed by atoms with van der Waals surface area (Å²) in [7, 11) is 4.87. The Hall–Kier alpha value is -2.51. The molecule has 1 amide bonds. The smallest absolute Gasteiger partial charge is 0.254 e. The number of allylic oxidation sites excluding steroid dienone is 2. The van der Waals surface area contributed by atoms with Crippen molar-refractivity contribution in [3.05, 3.63) is 53.8 Å². The number of methoxy groups -OCH3 is 1. The lowest BCUT2D eigenvalue weighted by Crippen LogP contribution is -2.53. The summed E-state index contributed by atoms with van der Waals surface area (Å²) in [6.07, 6.45) is 6.27. The SMILES string of the molecule is CCN1C=CC=C(C(=O)N(C)C)C1(O)C=NOCc1ccc(OC)cc1.Cl. The second kappa shape index (κ2) is 9.99. The van der Waals surface area contributed by atoms with E-state index in [4.69, 9.17) is 9.57 Å². The highest BCUT2D eigenvalue weighted by atomic mass is 35.5. The van der Waals surface area contributed by atoms with E-state index in [1.54, 1.807) is 44.5 Å². The van der Waals surface area contributed by atoms with Crippen molar-refractivity contribution < 1.29 is 19.5 Å². The molecule has 0 radical (unpaired) electrons. The quantitative estimate of drug-likeness (QED) is 0.565. The lowest BCUT2D eigenvalue weighted by atomic mass is 9.98. The number of amides is 1. The van der Waals surface area contributed by atoms with Crippen LogP contribution in [0.4, 0.5) is 0 Å². The number of oxime groups is 1. The number of hydrogen-bond donors (Lipinski definition) is 1. The molecule has 1 aromatic carbocycles. The molecule has 148 valence electrons. The van der Waals surface area contributed by atoms with E-state index in [0.717, 1.165) is 11.3 Å². The van der Waals surface area contributed by atoms with Crippen molar-refractivity contribution in [3.63, 3.8) is 0 Å². The van der Waals surface area contributed by atoms with Gasteiger partial charge in [-0.2, -0.15) is 0 Å². The van der Waals surface area contributed by atoms with E-state index < -0.39 is 5.72 Å². The summed E-state index contributed by atoms with van der Waals surface area (Å²) in [4.78, 5) is 20.7. The van der Waals surface area contributed by atoms with Crippen molar-refractivity contribution in [2.75, 3.05) is 27.7 Å². The van der Waals surface area contributed by atoms with Gasteiger partial charge in [0.2, 0.25) is 5.72 Å². The van der Waals surface area contributed by atoms with E-state index in [1.165, 1.54) is 11.1 Å². The number of aliphatic hydroxyl groups is 1. The number of ether oxygens (including phenoxy) is 1. The number of halogens is 1. The molecule has 1 unspecified atom stereocenters. The summed E-state index contributed by atoms with van der Waals surface area (Å²) < 4.78 is 5.11. The topological polar surface area (TPSA) is 74.6 Å². The van der Waals surface area contributed by atoms with Gasteiger partial charge in [-0.25, -0.2) is 0 Å². The first kappa shape index (κ1) is 22.5. The fraction of sp³-hybridized carbons (Fsp3) is 0.368. The number of benzene rings is 1. The fourth-order valence-corrected chi connectivity index (χ4v) is 2.54. The lowest BCUT2D eigenvalue weighted by molar-refractivity contribution is -0.128. The second-order valence-corrected chi connectivity index (χ2v) is 5.99. The van der Waals surface area contributed by atoms with E-state index in [9.17, 15) is 9.90 Å². The molecule has 0 fully saturated rings. The molecule has 1 aliphatic rings. The van der Waals surface area contributed by atoms with Gasteiger partial charge in [0, 0.05) is 26.8 Å². The zero-order valence-electron chi connectivity index (χ0n) is 16.0. The third-order valence-electron chi connectivity index (χ3n) is 4.04. The molecule has 27 heavy (non-hydrogen) atoms. The van der Waals surface area contributed by atoms with Crippen LogP contribution in [0, 0.1) is 0 Å². The van der Waals surface area contributed by atoms with Crippen LogP contribution in [0.1, 0.15) is 12.5 Å². The summed E-state index contributed by atoms with van der Waals surface area (Å²) in [5, 5.41) is 15.0. The number of hydrogen-bond acceptors (Lipinski definition) is 6. The molecule has 1 aliphatic heterocycles. The first-order valence-corrected chi connectivity index (χ1v) is 8.31. The van der Waals surface area contributed by atoms with Gasteiger partial charge in [-0.05, 0) is 36.8 Å². The lowest BCUT2D eigenvalue weighted by Gasteiger charge is -2.38. The van der Waals surface area contributed by atoms with E-state index in [-0.39, 0.29) is 30.5 Å². The van der Waals surface area contributed by atoms with Gasteiger partial charge in [-0.15, -0.1) is 12.4 Å². The number of rotatable bonds is 7. The third kappa shape index (κ3) is 5.24. The molecule has 2 rings (SSSR count). The first-order valence-electron chi connectivity index (χ1n) is 8.31. The van der Waals surface area contributed by atoms with Gasteiger partial charge >= 0.3 is 0 Å². The first-order chi connectivity index (χ1) is 12.4. The maximum atomic E-state index is 12.4. The maximum absolute atomic E-state index is 12.4. The van der Waals surface area contributed by atoms with Crippen molar-refractivity contribution in [2.24, 2.45) is 5.16 Å². The van der Waals surface area contributed by atoms with Crippen LogP contribution in [0.25, 0.3) is 0 Å². The molecule has 1 N–H and O–H groups in total. The Bertz CT molecular complexity index is 716. The van der Waals surface area contributed by atoms with Crippen LogP contribution in [0.5, 0.6) is 5.75 Å². The highest BCUT2D eigenvalue weighted by Gasteiger charge is 2.40. The van der Waals surface area contributed by atoms with Crippen molar-refractivity contribution in [1.29, 1.82) is 0 Å². The molecule has 1 aromatic rings. The van der Waals surface area contributed by atoms with Gasteiger partial charge in [0.05, 0.1) is 12.7 Å². The molecule has 0 saturated heterocycles. The molecule has 0 bridgehead atoms. The van der Waals surface area contributed by atoms with Crippen molar-refractivity contribution in [1.82, 2.24) is 9.80 Å². The molecular weight excluding hydrogens is 370 g/mol. The van der Waals surface area contributed by atoms with Crippen molar-refractivity contribution >= 4 is 24.5 Å². The molecule has 1 heterocycles. The van der Waals surface area contributed by atoms with Crippen LogP contribution in [0.3, 0.4) is 0 Å². The summed E-state index contributed by atoms with van der Waals surface area (Å²) >= 11 is 0. The third-order valence-corrected chi connectivity index (χ3v) is 4.04. The maximum Gasteiger partial charge on any atom is 0.254 e. The Kier molecular flexibility index (Phi) is 8.33. The van der Waals surface area contributed by atoms with Crippen LogP contribution in [0.15, 0.2) is 53.3 Å². The Balaban J connectivity index is 0.00000364. The highest BCUT2D eigenvalue weighted by Crippen LogP contribution is 2.26. The van der Waals surface area contributed by atoms with Crippen LogP contribution in [0.2, 0.25) is 0 Å². The molecular formula is C19H26ClN3O4. The van der Waals surface area contributed by atoms with E-state index >= 15 is 0 Å². The molecule has 0 saturated carbocycles. The molecule has 7 nitrogen and oxygen atoms in total. The predicted molar refractivity (Wildman–Crippen MR) is 107 cm³/mol. The van der Waals surface area contributed by atoms with Crippen LogP contribution >= 0.6 is 12.4 Å². The van der Waals surface area contributed by atoms with Gasteiger partial charge in [0.25, 0.3) is 5.91 Å². The van der Waals surface area contributed by atoms with Gasteiger partial charge in [-0.3, -0.25) is 4.79 Å². The largest absolute Gasteiger partial charge is 0.497 e. The van der Waals surface area contributed by atoms with Crippen LogP contribution in [-0.2, 0) is 16.2 Å². The van der Waals surface area contributed by atoms with Gasteiger partial charge in [0.1, 0.15) is 18.6 Å². The Morgan fingerprint density at radius 2 is 2.00 bits per heavy atom. The van der Waals surface area contributed by atoms with Crippen LogP contribution in [-0.4, -0.2) is 60.5 Å². The molecule has 8 heteroatoms. The zero-order chi connectivity index (χ0) is 19.2. The number of likely N-dealkylation sites (N-methyl/N-ethyl adjacent to an activating group) is 2. The van der Waals surface area contributed by atoms with Gasteiger partial charge in [0.15, 0.2) is 0 Å². The minimum Gasteiger partial charge on any atom is -0.497 e. The van der Waals surface area contributed by atoms with Crippen molar-refractivity contribution in [3.8, 4) is 5.75 Å². The highest BCUT2D eigenvalue weighted by molar-refractivity contribution is 6.00. The molecule has 0 aliphatic carbocycles. The Labute approximate surface area is 165 Å². The van der Waals surface area contributed by atoms with E-state index in [2.05, 4.69) is 5.16 Å². The summed E-state index contributed by atoms with van der Waals surface area (Å²) in [5.41, 5.74) is -0.542. The summed E-state index contributed by atoms with van der Waals surface area (Å²) in [6, 6.07) is 7.39. The van der Waals surface area contributed by atoms with Gasteiger partial charge in [-0.1, -0.05) is 17.3 Å². The summed E-state index contributed by atoms with van der Waals surface area (Å²) in [5.74, 6) is 0.466. The second-order valence-electron chi connectivity index (χ2n) is 5.99. The number of carbonyl (C=O) groups excluding carboxylic acids is 1. The minimum absolute atomic E-state index is 0. The van der Waals surface area contributed by atoms with E-state index in [0.29, 0.717) is 6.54 Å². The molecule has 1 atom stereocenters. The van der Waals surface area contributed by atoms with Crippen LogP contribution < -0.4 is 4.74 Å². The van der Waals surface area contributed by atoms with Gasteiger partial charge < -0.3 is 24.5 Å². The Morgan fingerprint density at radius 3 is 2.56 bits per heavy atom. The molecule has 0 spiro atoms. The monoisotopic (exact) mass is 395 g/mol. The molecule has 0 aromatic heterocycles. The summed E-state index contributed by atoms with van der Waals surface area (Å²) in [6.45, 7) is 2.61. The average Bonchev–Trinajstić information content (AvgIpc) is 2.65. The average molecular weight is 396 g/mol. The fourth-order valence-electron chi connectivity index (χ4n) is 2.54. The van der Waals surface area contributed by atoms with E-state index in [1.807, 2.05) is 31.2 Å². The number of carbonyl (C=O) groups is 1. The minimum atomic E-state index is -1.66. The predicted octanol–water partition coefficient (Wildman–Crippen LogP) is 2.17. The van der Waals surface area contributed by atoms with Crippen molar-refractivity contribution in [2.45, 2.75) is 19.3 Å². The Morgan fingerprint density at radius 1 is 1.33 bits per heavy atom. The normalized spacial score (nSPS) is 18.7. The number of nitrogens with zero attached hydrogens (tertiary/aromatic N) is 3.